The highest BCUT2D eigenvalue weighted by atomic mass is 16.3. The van der Waals surface area contributed by atoms with Crippen molar-refractivity contribution in [3.05, 3.63) is 0 Å². The molecular formula is C20H38N4O3. The Balaban J connectivity index is 1.73. The summed E-state index contributed by atoms with van der Waals surface area (Å²) in [4.78, 5) is 24.6. The number of nitrogens with one attached hydrogen (secondary N) is 2. The number of aliphatic hydroxyl groups excluding tert-OH is 1. The molecule has 2 aliphatic carbocycles. The maximum atomic E-state index is 12.3. The number of nitrogens with two attached hydrogens (primary N) is 2. The highest BCUT2D eigenvalue weighted by Crippen LogP contribution is 2.27. The molecule has 2 saturated carbocycles. The van der Waals surface area contributed by atoms with E-state index < -0.39 is 18.2 Å². The highest BCUT2D eigenvalue weighted by Gasteiger charge is 2.26. The maximum absolute atomic E-state index is 12.3. The van der Waals surface area contributed by atoms with Crippen molar-refractivity contribution >= 4 is 11.8 Å². The van der Waals surface area contributed by atoms with Crippen molar-refractivity contribution in [2.24, 2.45) is 23.3 Å². The number of rotatable bonds is 9. The Morgan fingerprint density at radius 2 is 1.15 bits per heavy atom. The van der Waals surface area contributed by atoms with Gasteiger partial charge in [-0.15, -0.1) is 0 Å². The lowest BCUT2D eigenvalue weighted by Gasteiger charge is -2.27. The molecule has 0 bridgehead atoms. The second-order valence-electron chi connectivity index (χ2n) is 8.44. The van der Waals surface area contributed by atoms with Gasteiger partial charge in [-0.05, 0) is 24.7 Å². The normalized spacial score (nSPS) is 21.6. The maximum Gasteiger partial charge on any atom is 0.238 e. The summed E-state index contributed by atoms with van der Waals surface area (Å²) in [7, 11) is 0. The second kappa shape index (κ2) is 11.6. The topological polar surface area (TPSA) is 130 Å². The number of carbonyl (C=O) groups is 2. The van der Waals surface area contributed by atoms with E-state index in [4.69, 9.17) is 11.5 Å². The van der Waals surface area contributed by atoms with Gasteiger partial charge in [0.1, 0.15) is 6.17 Å². The van der Waals surface area contributed by atoms with E-state index in [1.165, 1.54) is 38.5 Å². The summed E-state index contributed by atoms with van der Waals surface area (Å²) < 4.78 is 0. The van der Waals surface area contributed by atoms with Crippen LogP contribution in [0.1, 0.15) is 77.0 Å². The van der Waals surface area contributed by atoms with Gasteiger partial charge in [0.2, 0.25) is 11.8 Å². The van der Waals surface area contributed by atoms with Crippen molar-refractivity contribution in [1.82, 2.24) is 10.6 Å². The third-order valence-corrected chi connectivity index (χ3v) is 6.11. The number of hydrogen-bond donors (Lipinski definition) is 5. The van der Waals surface area contributed by atoms with Gasteiger partial charge in [-0.2, -0.15) is 0 Å². The summed E-state index contributed by atoms with van der Waals surface area (Å²) >= 11 is 0. The highest BCUT2D eigenvalue weighted by molar-refractivity contribution is 5.84. The molecule has 0 spiro atoms. The van der Waals surface area contributed by atoms with E-state index in [2.05, 4.69) is 10.6 Å². The second-order valence-corrected chi connectivity index (χ2v) is 8.44. The fraction of sp³-hybridized carbons (Fsp3) is 0.900. The smallest absolute Gasteiger partial charge is 0.238 e. The molecule has 0 aromatic rings. The van der Waals surface area contributed by atoms with Crippen LogP contribution < -0.4 is 22.1 Å². The molecule has 0 radical (unpaired) electrons. The zero-order chi connectivity index (χ0) is 19.6. The van der Waals surface area contributed by atoms with Crippen molar-refractivity contribution in [2.45, 2.75) is 95.3 Å². The van der Waals surface area contributed by atoms with Crippen molar-refractivity contribution in [1.29, 1.82) is 0 Å². The van der Waals surface area contributed by atoms with E-state index in [0.29, 0.717) is 24.7 Å². The molecule has 0 unspecified atom stereocenters. The molecule has 0 aromatic carbocycles. The summed E-state index contributed by atoms with van der Waals surface area (Å²) in [6, 6.07) is -1.23. The monoisotopic (exact) mass is 382 g/mol. The average Bonchev–Trinajstić information content (AvgIpc) is 2.68. The molecule has 7 heteroatoms. The van der Waals surface area contributed by atoms with Crippen LogP contribution in [0.5, 0.6) is 0 Å². The Hall–Kier alpha value is -1.18. The fourth-order valence-corrected chi connectivity index (χ4v) is 4.46. The summed E-state index contributed by atoms with van der Waals surface area (Å²) in [6.45, 7) is -0.385. The van der Waals surface area contributed by atoms with Crippen LogP contribution in [0.4, 0.5) is 0 Å². The van der Waals surface area contributed by atoms with Crippen molar-refractivity contribution in [2.75, 3.05) is 6.61 Å². The number of amides is 2. The predicted octanol–water partition coefficient (Wildman–Crippen LogP) is 1.13. The molecule has 0 aliphatic heterocycles. The molecule has 156 valence electrons. The minimum absolute atomic E-state index is 0.333. The van der Waals surface area contributed by atoms with Gasteiger partial charge in [-0.25, -0.2) is 0 Å². The third-order valence-electron chi connectivity index (χ3n) is 6.11. The molecule has 0 heterocycles. The van der Waals surface area contributed by atoms with Crippen LogP contribution in [0.3, 0.4) is 0 Å². The van der Waals surface area contributed by atoms with Crippen molar-refractivity contribution in [3.8, 4) is 0 Å². The van der Waals surface area contributed by atoms with E-state index >= 15 is 0 Å². The molecule has 7 nitrogen and oxygen atoms in total. The van der Waals surface area contributed by atoms with Crippen molar-refractivity contribution < 1.29 is 14.7 Å². The van der Waals surface area contributed by atoms with Gasteiger partial charge in [-0.1, -0.05) is 64.2 Å². The van der Waals surface area contributed by atoms with Crippen LogP contribution in [-0.4, -0.2) is 41.8 Å². The lowest BCUT2D eigenvalue weighted by molar-refractivity contribution is -0.126. The summed E-state index contributed by atoms with van der Waals surface area (Å²) in [6.07, 6.45) is 12.3. The first-order valence-corrected chi connectivity index (χ1v) is 10.7. The molecule has 2 fully saturated rings. The SMILES string of the molecule is N[C@@H](CC1CCCCC1)C(=O)NC(CO)NC(=O)[C@@H](N)CC1CCCCC1. The lowest BCUT2D eigenvalue weighted by atomic mass is 9.85. The molecule has 27 heavy (non-hydrogen) atoms. The molecule has 2 amide bonds. The van der Waals surface area contributed by atoms with E-state index in [0.717, 1.165) is 25.7 Å². The summed E-state index contributed by atoms with van der Waals surface area (Å²) in [5.74, 6) is 0.317. The molecule has 2 rings (SSSR count). The van der Waals surface area contributed by atoms with E-state index in [9.17, 15) is 14.7 Å². The molecule has 0 saturated heterocycles. The summed E-state index contributed by atoms with van der Waals surface area (Å²) in [5, 5.41) is 14.8. The quantitative estimate of drug-likeness (QED) is 0.382. The predicted molar refractivity (Wildman–Crippen MR) is 105 cm³/mol. The molecule has 2 atom stereocenters. The number of hydrogen-bond acceptors (Lipinski definition) is 5. The minimum atomic E-state index is -0.847. The Morgan fingerprint density at radius 1 is 0.778 bits per heavy atom. The van der Waals surface area contributed by atoms with E-state index in [1.807, 2.05) is 0 Å². The fourth-order valence-electron chi connectivity index (χ4n) is 4.46. The standard InChI is InChI=1S/C20H38N4O3/c21-16(11-14-7-3-1-4-8-14)19(26)23-18(13-25)24-20(27)17(22)12-15-9-5-2-6-10-15/h14-18,25H,1-13,21-22H2,(H,23,26)(H,24,27)/t16-,17-/m0/s1. The minimum Gasteiger partial charge on any atom is -0.392 e. The molecule has 2 aliphatic rings. The molecule has 7 N–H and O–H groups in total. The zero-order valence-corrected chi connectivity index (χ0v) is 16.5. The van der Waals surface area contributed by atoms with Crippen LogP contribution in [0.25, 0.3) is 0 Å². The first kappa shape index (κ1) is 22.1. The molecule has 0 aromatic heterocycles. The Bertz CT molecular complexity index is 422. The van der Waals surface area contributed by atoms with Crippen LogP contribution in [-0.2, 0) is 9.59 Å². The van der Waals surface area contributed by atoms with Crippen molar-refractivity contribution in [3.63, 3.8) is 0 Å². The number of aliphatic hydroxyl groups is 1. The lowest BCUT2D eigenvalue weighted by Crippen LogP contribution is -2.57. The van der Waals surface area contributed by atoms with Crippen LogP contribution in [0.15, 0.2) is 0 Å². The number of carbonyl (C=O) groups excluding carboxylic acids is 2. The Labute approximate surface area is 163 Å². The zero-order valence-electron chi connectivity index (χ0n) is 16.5. The van der Waals surface area contributed by atoms with Gasteiger partial charge in [0.15, 0.2) is 0 Å². The van der Waals surface area contributed by atoms with E-state index in [-0.39, 0.29) is 18.4 Å². The Morgan fingerprint density at radius 3 is 1.48 bits per heavy atom. The first-order chi connectivity index (χ1) is 13.0. The first-order valence-electron chi connectivity index (χ1n) is 10.7. The van der Waals surface area contributed by atoms with Gasteiger partial charge >= 0.3 is 0 Å². The average molecular weight is 383 g/mol. The van der Waals surface area contributed by atoms with Gasteiger partial charge in [-0.3, -0.25) is 9.59 Å². The summed E-state index contributed by atoms with van der Waals surface area (Å²) in [5.41, 5.74) is 12.1. The van der Waals surface area contributed by atoms with Gasteiger partial charge in [0.25, 0.3) is 0 Å². The van der Waals surface area contributed by atoms with Gasteiger partial charge in [0.05, 0.1) is 18.7 Å². The van der Waals surface area contributed by atoms with Crippen LogP contribution in [0.2, 0.25) is 0 Å². The van der Waals surface area contributed by atoms with Gasteiger partial charge < -0.3 is 27.2 Å². The third kappa shape index (κ3) is 7.76. The van der Waals surface area contributed by atoms with E-state index in [1.54, 1.807) is 0 Å². The van der Waals surface area contributed by atoms with Crippen LogP contribution >= 0.6 is 0 Å². The Kier molecular flexibility index (Phi) is 9.51. The molecular weight excluding hydrogens is 344 g/mol. The largest absolute Gasteiger partial charge is 0.392 e. The van der Waals surface area contributed by atoms with Crippen LogP contribution in [0, 0.1) is 11.8 Å². The van der Waals surface area contributed by atoms with Gasteiger partial charge in [0, 0.05) is 0 Å².